The van der Waals surface area contributed by atoms with Crippen LogP contribution in [0.5, 0.6) is 5.75 Å². The van der Waals surface area contributed by atoms with E-state index in [1.54, 1.807) is 6.07 Å². The van der Waals surface area contributed by atoms with Crippen LogP contribution in [0.25, 0.3) is 0 Å². The zero-order valence-corrected chi connectivity index (χ0v) is 16.4. The molecule has 156 valence electrons. The fourth-order valence-electron chi connectivity index (χ4n) is 3.89. The molecule has 4 rings (SSSR count). The topological polar surface area (TPSA) is 99.4 Å². The normalized spacial score (nSPS) is 30.7. The Hall–Kier alpha value is -1.96. The van der Waals surface area contributed by atoms with Crippen LogP contribution < -0.4 is 4.74 Å². The third kappa shape index (κ3) is 4.17. The van der Waals surface area contributed by atoms with Gasteiger partial charge in [0.15, 0.2) is 0 Å². The second-order valence-electron chi connectivity index (χ2n) is 8.02. The summed E-state index contributed by atoms with van der Waals surface area (Å²) in [7, 11) is 0. The minimum atomic E-state index is -1.47. The molecule has 0 amide bonds. The van der Waals surface area contributed by atoms with E-state index in [2.05, 4.69) is 31.2 Å². The Morgan fingerprint density at radius 2 is 1.66 bits per heavy atom. The Morgan fingerprint density at radius 1 is 0.966 bits per heavy atom. The third-order valence-corrected chi connectivity index (χ3v) is 5.96. The number of hydrogen-bond donors (Lipinski definition) is 4. The smallest absolute Gasteiger partial charge is 0.229 e. The molecule has 0 bridgehead atoms. The zero-order valence-electron chi connectivity index (χ0n) is 16.4. The van der Waals surface area contributed by atoms with Crippen LogP contribution in [0.1, 0.15) is 48.3 Å². The molecule has 1 saturated carbocycles. The van der Waals surface area contributed by atoms with E-state index >= 15 is 0 Å². The molecule has 1 saturated heterocycles. The summed E-state index contributed by atoms with van der Waals surface area (Å²) in [6, 6.07) is 16.1. The van der Waals surface area contributed by atoms with Crippen LogP contribution in [0.3, 0.4) is 0 Å². The van der Waals surface area contributed by atoms with Crippen LogP contribution in [0.15, 0.2) is 48.5 Å². The van der Waals surface area contributed by atoms with E-state index in [1.165, 1.54) is 18.4 Å². The van der Waals surface area contributed by atoms with E-state index in [0.29, 0.717) is 11.7 Å². The summed E-state index contributed by atoms with van der Waals surface area (Å²) in [5.41, 5.74) is 3.45. The number of hydrogen-bond acceptors (Lipinski definition) is 6. The van der Waals surface area contributed by atoms with Gasteiger partial charge in [0, 0.05) is 11.5 Å². The first-order valence-electron chi connectivity index (χ1n) is 10.2. The van der Waals surface area contributed by atoms with Gasteiger partial charge in [0.1, 0.15) is 30.2 Å². The molecule has 6 nitrogen and oxygen atoms in total. The van der Waals surface area contributed by atoms with Crippen molar-refractivity contribution in [2.75, 3.05) is 6.61 Å². The van der Waals surface area contributed by atoms with Crippen molar-refractivity contribution < 1.29 is 29.9 Å². The van der Waals surface area contributed by atoms with Crippen molar-refractivity contribution in [3.8, 4) is 5.75 Å². The second-order valence-corrected chi connectivity index (χ2v) is 8.02. The molecule has 2 aliphatic rings. The lowest BCUT2D eigenvalue weighted by molar-refractivity contribution is -0.277. The van der Waals surface area contributed by atoms with Crippen molar-refractivity contribution in [3.63, 3.8) is 0 Å². The summed E-state index contributed by atoms with van der Waals surface area (Å²) >= 11 is 0. The molecule has 1 aliphatic heterocycles. The van der Waals surface area contributed by atoms with Gasteiger partial charge in [0.2, 0.25) is 6.29 Å². The quantitative estimate of drug-likeness (QED) is 0.591. The molecule has 1 heterocycles. The molecule has 0 aromatic heterocycles. The minimum absolute atomic E-state index is 0.0457. The second kappa shape index (κ2) is 8.42. The van der Waals surface area contributed by atoms with Gasteiger partial charge < -0.3 is 29.9 Å². The highest BCUT2D eigenvalue weighted by Gasteiger charge is 2.44. The van der Waals surface area contributed by atoms with E-state index < -0.39 is 37.3 Å². The average molecular weight is 400 g/mol. The fourth-order valence-corrected chi connectivity index (χ4v) is 3.89. The molecule has 6 atom stereocenters. The standard InChI is InChI=1S/C23H28O6/c1-13(14-6-8-15(9-7-14)16-10-11-16)17-4-2-3-5-18(17)28-23-22(27)21(26)20(25)19(12-24)29-23/h2-9,13,16,19-27H,10-12H2,1H3/t13?,19-,20-,21+,22-,23-/m1/s1. The van der Waals surface area contributed by atoms with Crippen molar-refractivity contribution in [2.24, 2.45) is 0 Å². The summed E-state index contributed by atoms with van der Waals surface area (Å²) in [5, 5.41) is 39.6. The van der Waals surface area contributed by atoms with Crippen molar-refractivity contribution in [1.82, 2.24) is 0 Å². The Labute approximate surface area is 170 Å². The summed E-state index contributed by atoms with van der Waals surface area (Å²) in [4.78, 5) is 0. The zero-order chi connectivity index (χ0) is 20.5. The highest BCUT2D eigenvalue weighted by molar-refractivity contribution is 5.42. The maximum atomic E-state index is 10.3. The largest absolute Gasteiger partial charge is 0.462 e. The van der Waals surface area contributed by atoms with Crippen LogP contribution in [0, 0.1) is 0 Å². The summed E-state index contributed by atoms with van der Waals surface area (Å²) < 4.78 is 11.4. The molecular formula is C23H28O6. The molecule has 1 unspecified atom stereocenters. The maximum Gasteiger partial charge on any atom is 0.229 e. The van der Waals surface area contributed by atoms with E-state index in [-0.39, 0.29) is 5.92 Å². The summed E-state index contributed by atoms with van der Waals surface area (Å²) in [6.07, 6.45) is -3.97. The average Bonchev–Trinajstić information content (AvgIpc) is 3.59. The van der Waals surface area contributed by atoms with Crippen LogP contribution in [0.4, 0.5) is 0 Å². The van der Waals surface area contributed by atoms with E-state index in [1.807, 2.05) is 18.2 Å². The monoisotopic (exact) mass is 400 g/mol. The van der Waals surface area contributed by atoms with Crippen LogP contribution in [0.2, 0.25) is 0 Å². The van der Waals surface area contributed by atoms with E-state index in [9.17, 15) is 20.4 Å². The van der Waals surface area contributed by atoms with Crippen molar-refractivity contribution >= 4 is 0 Å². The van der Waals surface area contributed by atoms with Gasteiger partial charge in [-0.3, -0.25) is 0 Å². The lowest BCUT2D eigenvalue weighted by Crippen LogP contribution is -2.60. The number of rotatable bonds is 6. The third-order valence-electron chi connectivity index (χ3n) is 5.96. The Morgan fingerprint density at radius 3 is 2.31 bits per heavy atom. The lowest BCUT2D eigenvalue weighted by atomic mass is 9.91. The fraction of sp³-hybridized carbons (Fsp3) is 0.478. The van der Waals surface area contributed by atoms with Gasteiger partial charge in [0.05, 0.1) is 6.61 Å². The van der Waals surface area contributed by atoms with Crippen molar-refractivity contribution in [2.45, 2.75) is 62.3 Å². The van der Waals surface area contributed by atoms with Gasteiger partial charge in [-0.15, -0.1) is 0 Å². The molecular weight excluding hydrogens is 372 g/mol. The van der Waals surface area contributed by atoms with Gasteiger partial charge in [-0.25, -0.2) is 0 Å². The first-order chi connectivity index (χ1) is 14.0. The van der Waals surface area contributed by atoms with Crippen LogP contribution in [-0.2, 0) is 4.74 Å². The number of aliphatic hydroxyl groups is 4. The molecule has 6 heteroatoms. The predicted octanol–water partition coefficient (Wildman–Crippen LogP) is 1.89. The first kappa shape index (κ1) is 20.3. The molecule has 2 aromatic rings. The van der Waals surface area contributed by atoms with Gasteiger partial charge in [-0.05, 0) is 36.0 Å². The van der Waals surface area contributed by atoms with Crippen LogP contribution in [-0.4, -0.2) is 57.7 Å². The van der Waals surface area contributed by atoms with Gasteiger partial charge >= 0.3 is 0 Å². The molecule has 1 aliphatic carbocycles. The van der Waals surface area contributed by atoms with Crippen molar-refractivity contribution in [1.29, 1.82) is 0 Å². The predicted molar refractivity (Wildman–Crippen MR) is 107 cm³/mol. The summed E-state index contributed by atoms with van der Waals surface area (Å²) in [6.45, 7) is 1.60. The molecule has 29 heavy (non-hydrogen) atoms. The SMILES string of the molecule is CC(c1ccc(C2CC2)cc1)c1ccccc1O[C@@H]1O[C@H](CO)[C@@H](O)[C@H](O)[C@H]1O. The first-order valence-corrected chi connectivity index (χ1v) is 10.2. The molecule has 2 fully saturated rings. The number of ether oxygens (including phenoxy) is 2. The van der Waals surface area contributed by atoms with E-state index in [4.69, 9.17) is 9.47 Å². The summed E-state index contributed by atoms with van der Waals surface area (Å²) in [5.74, 6) is 1.28. The van der Waals surface area contributed by atoms with Crippen molar-refractivity contribution in [3.05, 3.63) is 65.2 Å². The molecule has 4 N–H and O–H groups in total. The number of benzene rings is 2. The highest BCUT2D eigenvalue weighted by Crippen LogP contribution is 2.41. The Balaban J connectivity index is 1.54. The number of aliphatic hydroxyl groups excluding tert-OH is 4. The lowest BCUT2D eigenvalue weighted by Gasteiger charge is -2.39. The Kier molecular flexibility index (Phi) is 5.90. The van der Waals surface area contributed by atoms with Gasteiger partial charge in [-0.1, -0.05) is 49.4 Å². The molecule has 0 radical (unpaired) electrons. The molecule has 2 aromatic carbocycles. The van der Waals surface area contributed by atoms with E-state index in [0.717, 1.165) is 11.1 Å². The minimum Gasteiger partial charge on any atom is -0.462 e. The number of para-hydroxylation sites is 1. The maximum absolute atomic E-state index is 10.3. The highest BCUT2D eigenvalue weighted by atomic mass is 16.7. The Bertz CT molecular complexity index is 816. The van der Waals surface area contributed by atoms with Gasteiger partial charge in [0.25, 0.3) is 0 Å². The van der Waals surface area contributed by atoms with Crippen LogP contribution >= 0.6 is 0 Å². The molecule has 0 spiro atoms. The van der Waals surface area contributed by atoms with Gasteiger partial charge in [-0.2, -0.15) is 0 Å².